The molecule has 0 bridgehead atoms. The van der Waals surface area contributed by atoms with Gasteiger partial charge in [-0.15, -0.1) is 0 Å². The number of hydrogen-bond donors (Lipinski definition) is 1. The van der Waals surface area contributed by atoms with E-state index in [0.29, 0.717) is 13.2 Å². The molecule has 0 amide bonds. The van der Waals surface area contributed by atoms with Crippen molar-refractivity contribution in [1.82, 2.24) is 5.32 Å². The van der Waals surface area contributed by atoms with E-state index in [4.69, 9.17) is 9.47 Å². The Morgan fingerprint density at radius 1 is 1.25 bits per heavy atom. The molecule has 86 valence electrons. The van der Waals surface area contributed by atoms with Gasteiger partial charge in [-0.05, 0) is 37.0 Å². The van der Waals surface area contributed by atoms with Crippen molar-refractivity contribution < 1.29 is 9.47 Å². The summed E-state index contributed by atoms with van der Waals surface area (Å²) in [5.74, 6) is 1.82. The first-order chi connectivity index (χ1) is 7.84. The Bertz CT molecular complexity index is 399. The zero-order chi connectivity index (χ0) is 11.0. The number of hydrogen-bond acceptors (Lipinski definition) is 3. The van der Waals surface area contributed by atoms with E-state index in [2.05, 4.69) is 18.3 Å². The van der Waals surface area contributed by atoms with Crippen LogP contribution >= 0.6 is 0 Å². The summed E-state index contributed by atoms with van der Waals surface area (Å²) in [6.07, 6.45) is 2.65. The second kappa shape index (κ2) is 3.98. The van der Waals surface area contributed by atoms with Crippen LogP contribution in [0.1, 0.15) is 24.0 Å². The fourth-order valence-electron chi connectivity index (χ4n) is 2.03. The fraction of sp³-hybridized carbons (Fsp3) is 0.538. The standard InChI is InChI=1S/C13H17NO2/c1-9-10(8-14-11-3-4-11)2-5-12-13(9)16-7-6-15-12/h2,5,11,14H,3-4,6-8H2,1H3. The van der Waals surface area contributed by atoms with Gasteiger partial charge in [0.2, 0.25) is 0 Å². The maximum Gasteiger partial charge on any atom is 0.164 e. The smallest absolute Gasteiger partial charge is 0.164 e. The first-order valence-electron chi connectivity index (χ1n) is 5.96. The lowest BCUT2D eigenvalue weighted by atomic mass is 10.1. The van der Waals surface area contributed by atoms with Gasteiger partial charge in [0, 0.05) is 12.6 Å². The largest absolute Gasteiger partial charge is 0.486 e. The summed E-state index contributed by atoms with van der Waals surface area (Å²) >= 11 is 0. The zero-order valence-electron chi connectivity index (χ0n) is 9.58. The van der Waals surface area contributed by atoms with Crippen LogP contribution in [0.4, 0.5) is 0 Å². The lowest BCUT2D eigenvalue weighted by Gasteiger charge is -2.21. The monoisotopic (exact) mass is 219 g/mol. The Balaban J connectivity index is 1.81. The van der Waals surface area contributed by atoms with Crippen molar-refractivity contribution in [3.63, 3.8) is 0 Å². The quantitative estimate of drug-likeness (QED) is 0.843. The van der Waals surface area contributed by atoms with E-state index < -0.39 is 0 Å². The van der Waals surface area contributed by atoms with Crippen LogP contribution in [0.2, 0.25) is 0 Å². The summed E-state index contributed by atoms with van der Waals surface area (Å²) in [5.41, 5.74) is 2.53. The molecule has 1 aliphatic carbocycles. The molecule has 0 aromatic heterocycles. The molecule has 1 fully saturated rings. The molecule has 0 saturated heterocycles. The van der Waals surface area contributed by atoms with Crippen LogP contribution in [0.3, 0.4) is 0 Å². The maximum atomic E-state index is 5.66. The molecule has 0 spiro atoms. The number of fused-ring (bicyclic) bond motifs is 1. The van der Waals surface area contributed by atoms with Gasteiger partial charge in [-0.3, -0.25) is 0 Å². The van der Waals surface area contributed by atoms with Gasteiger partial charge in [-0.1, -0.05) is 6.07 Å². The Kier molecular flexibility index (Phi) is 2.48. The summed E-state index contributed by atoms with van der Waals surface area (Å²) in [6, 6.07) is 4.90. The molecule has 16 heavy (non-hydrogen) atoms. The molecule has 2 aliphatic rings. The van der Waals surface area contributed by atoms with E-state index in [9.17, 15) is 0 Å². The predicted molar refractivity (Wildman–Crippen MR) is 62.0 cm³/mol. The van der Waals surface area contributed by atoms with E-state index in [0.717, 1.165) is 24.1 Å². The highest BCUT2D eigenvalue weighted by Crippen LogP contribution is 2.35. The van der Waals surface area contributed by atoms with Crippen molar-refractivity contribution >= 4 is 0 Å². The third-order valence-electron chi connectivity index (χ3n) is 3.23. The molecular formula is C13H17NO2. The predicted octanol–water partition coefficient (Wildman–Crippen LogP) is 2.02. The van der Waals surface area contributed by atoms with Gasteiger partial charge in [0.05, 0.1) is 0 Å². The normalized spacial score (nSPS) is 18.6. The second-order valence-corrected chi connectivity index (χ2v) is 4.53. The van der Waals surface area contributed by atoms with Crippen molar-refractivity contribution in [1.29, 1.82) is 0 Å². The van der Waals surface area contributed by atoms with E-state index in [-0.39, 0.29) is 0 Å². The molecule has 3 nitrogen and oxygen atoms in total. The summed E-state index contributed by atoms with van der Waals surface area (Å²) in [6.45, 7) is 4.37. The van der Waals surface area contributed by atoms with Crippen molar-refractivity contribution in [2.75, 3.05) is 13.2 Å². The summed E-state index contributed by atoms with van der Waals surface area (Å²) < 4.78 is 11.2. The minimum absolute atomic E-state index is 0.659. The second-order valence-electron chi connectivity index (χ2n) is 4.53. The average Bonchev–Trinajstić information content (AvgIpc) is 3.13. The van der Waals surface area contributed by atoms with Gasteiger partial charge in [0.1, 0.15) is 13.2 Å². The van der Waals surface area contributed by atoms with Crippen molar-refractivity contribution in [3.05, 3.63) is 23.3 Å². The number of benzene rings is 1. The minimum Gasteiger partial charge on any atom is -0.486 e. The van der Waals surface area contributed by atoms with Gasteiger partial charge >= 0.3 is 0 Å². The zero-order valence-corrected chi connectivity index (χ0v) is 9.58. The van der Waals surface area contributed by atoms with E-state index in [1.165, 1.54) is 24.0 Å². The van der Waals surface area contributed by atoms with Crippen LogP contribution in [0.25, 0.3) is 0 Å². The molecule has 0 radical (unpaired) electrons. The molecule has 1 heterocycles. The Morgan fingerprint density at radius 3 is 2.88 bits per heavy atom. The first kappa shape index (κ1) is 9.97. The highest BCUT2D eigenvalue weighted by molar-refractivity contribution is 5.50. The molecule has 3 heteroatoms. The lowest BCUT2D eigenvalue weighted by Crippen LogP contribution is -2.19. The van der Waals surface area contributed by atoms with Gasteiger partial charge < -0.3 is 14.8 Å². The molecule has 3 rings (SSSR count). The minimum atomic E-state index is 0.659. The van der Waals surface area contributed by atoms with Crippen molar-refractivity contribution in [2.24, 2.45) is 0 Å². The number of nitrogens with one attached hydrogen (secondary N) is 1. The van der Waals surface area contributed by atoms with Gasteiger partial charge in [-0.2, -0.15) is 0 Å². The van der Waals surface area contributed by atoms with Gasteiger partial charge in [-0.25, -0.2) is 0 Å². The maximum absolute atomic E-state index is 5.66. The average molecular weight is 219 g/mol. The summed E-state index contributed by atoms with van der Waals surface area (Å²) in [5, 5.41) is 3.52. The molecule has 1 aromatic carbocycles. The number of ether oxygens (including phenoxy) is 2. The molecule has 1 N–H and O–H groups in total. The highest BCUT2D eigenvalue weighted by atomic mass is 16.6. The number of rotatable bonds is 3. The molecule has 1 aliphatic heterocycles. The third kappa shape index (κ3) is 1.87. The van der Waals surface area contributed by atoms with E-state index >= 15 is 0 Å². The third-order valence-corrected chi connectivity index (χ3v) is 3.23. The SMILES string of the molecule is Cc1c(CNC2CC2)ccc2c1OCCO2. The highest BCUT2D eigenvalue weighted by Gasteiger charge is 2.21. The van der Waals surface area contributed by atoms with Crippen LogP contribution in [-0.4, -0.2) is 19.3 Å². The van der Waals surface area contributed by atoms with Crippen LogP contribution in [0.15, 0.2) is 12.1 Å². The van der Waals surface area contributed by atoms with Gasteiger partial charge in [0.25, 0.3) is 0 Å². The van der Waals surface area contributed by atoms with Crippen LogP contribution in [0.5, 0.6) is 11.5 Å². The fourth-order valence-corrected chi connectivity index (χ4v) is 2.03. The molecule has 0 unspecified atom stereocenters. The molecule has 0 atom stereocenters. The molecule has 1 aromatic rings. The Morgan fingerprint density at radius 2 is 2.06 bits per heavy atom. The van der Waals surface area contributed by atoms with Crippen LogP contribution in [0, 0.1) is 6.92 Å². The Hall–Kier alpha value is -1.22. The topological polar surface area (TPSA) is 30.5 Å². The van der Waals surface area contributed by atoms with E-state index in [1.807, 2.05) is 6.07 Å². The van der Waals surface area contributed by atoms with Crippen LogP contribution in [-0.2, 0) is 6.54 Å². The van der Waals surface area contributed by atoms with E-state index in [1.54, 1.807) is 0 Å². The summed E-state index contributed by atoms with van der Waals surface area (Å²) in [7, 11) is 0. The molecular weight excluding hydrogens is 202 g/mol. The van der Waals surface area contributed by atoms with Crippen molar-refractivity contribution in [3.8, 4) is 11.5 Å². The van der Waals surface area contributed by atoms with Gasteiger partial charge in [0.15, 0.2) is 11.5 Å². The van der Waals surface area contributed by atoms with Crippen molar-refractivity contribution in [2.45, 2.75) is 32.4 Å². The Labute approximate surface area is 95.8 Å². The molecule has 1 saturated carbocycles. The lowest BCUT2D eigenvalue weighted by molar-refractivity contribution is 0.170. The summed E-state index contributed by atoms with van der Waals surface area (Å²) in [4.78, 5) is 0. The van der Waals surface area contributed by atoms with Crippen LogP contribution < -0.4 is 14.8 Å². The first-order valence-corrected chi connectivity index (χ1v) is 5.96.